The Kier molecular flexibility index (Phi) is 4.81. The van der Waals surface area contributed by atoms with Crippen molar-refractivity contribution in [1.82, 2.24) is 15.5 Å². The van der Waals surface area contributed by atoms with Gasteiger partial charge in [-0.05, 0) is 36.6 Å². The zero-order valence-corrected chi connectivity index (χ0v) is 15.4. The Labute approximate surface area is 157 Å². The smallest absolute Gasteiger partial charge is 0.277 e. The number of benzene rings is 1. The van der Waals surface area contributed by atoms with Crippen molar-refractivity contribution in [2.75, 3.05) is 6.79 Å². The molecule has 7 nitrogen and oxygen atoms in total. The number of fused-ring (bicyclic) bond motifs is 1. The van der Waals surface area contributed by atoms with E-state index in [1.165, 1.54) is 11.8 Å². The summed E-state index contributed by atoms with van der Waals surface area (Å²) < 4.78 is 16.3. The minimum atomic E-state index is -0.347. The van der Waals surface area contributed by atoms with Gasteiger partial charge in [0, 0.05) is 10.4 Å². The molecule has 1 aliphatic rings. The molecular weight excluding hydrogens is 374 g/mol. The summed E-state index contributed by atoms with van der Waals surface area (Å²) in [6.07, 6.45) is 0. The number of hydrogen-bond acceptors (Lipinski definition) is 8. The van der Waals surface area contributed by atoms with Gasteiger partial charge in [0.05, 0.1) is 11.8 Å². The third kappa shape index (κ3) is 3.68. The molecular formula is C17H15N3O4S2. The quantitative estimate of drug-likeness (QED) is 0.647. The molecule has 1 atom stereocenters. The summed E-state index contributed by atoms with van der Waals surface area (Å²) in [6, 6.07) is 9.36. The first kappa shape index (κ1) is 16.9. The van der Waals surface area contributed by atoms with Gasteiger partial charge in [0.25, 0.3) is 5.22 Å². The molecule has 0 radical (unpaired) electrons. The average molecular weight is 389 g/mol. The Morgan fingerprint density at radius 2 is 2.19 bits per heavy atom. The van der Waals surface area contributed by atoms with Crippen molar-refractivity contribution in [2.24, 2.45) is 0 Å². The first-order chi connectivity index (χ1) is 12.7. The van der Waals surface area contributed by atoms with Crippen molar-refractivity contribution in [2.45, 2.75) is 23.9 Å². The Morgan fingerprint density at radius 3 is 3.04 bits per heavy atom. The Morgan fingerprint density at radius 1 is 1.31 bits per heavy atom. The van der Waals surface area contributed by atoms with Crippen molar-refractivity contribution in [3.63, 3.8) is 0 Å². The highest BCUT2D eigenvalue weighted by molar-refractivity contribution is 8.00. The number of carbonyl (C=O) groups is 1. The molecule has 26 heavy (non-hydrogen) atoms. The molecule has 0 bridgehead atoms. The summed E-state index contributed by atoms with van der Waals surface area (Å²) in [5, 5.41) is 12.9. The number of nitrogens with one attached hydrogen (secondary N) is 1. The molecule has 0 spiro atoms. The molecule has 0 fully saturated rings. The number of amides is 1. The number of thioether (sulfide) groups is 1. The van der Waals surface area contributed by atoms with E-state index in [1.807, 2.05) is 23.6 Å². The third-order valence-electron chi connectivity index (χ3n) is 3.69. The molecule has 0 aliphatic carbocycles. The van der Waals surface area contributed by atoms with E-state index in [-0.39, 0.29) is 18.0 Å². The van der Waals surface area contributed by atoms with Crippen LogP contribution in [0, 0.1) is 0 Å². The van der Waals surface area contributed by atoms with Gasteiger partial charge >= 0.3 is 0 Å². The van der Waals surface area contributed by atoms with E-state index in [0.29, 0.717) is 29.2 Å². The van der Waals surface area contributed by atoms with Crippen LogP contribution in [-0.4, -0.2) is 28.1 Å². The minimum absolute atomic E-state index is 0.0776. The molecule has 1 aromatic carbocycles. The first-order valence-electron chi connectivity index (χ1n) is 7.89. The van der Waals surface area contributed by atoms with E-state index < -0.39 is 0 Å². The number of aromatic nitrogens is 2. The monoisotopic (exact) mass is 389 g/mol. The SMILES string of the molecule is C[C@@H](Sc1nnc(-c2ccc3c(c2)OCO3)o1)C(=O)NCc1cccs1. The summed E-state index contributed by atoms with van der Waals surface area (Å²) in [5.41, 5.74) is 0.739. The summed E-state index contributed by atoms with van der Waals surface area (Å²) in [6.45, 7) is 2.54. The maximum Gasteiger partial charge on any atom is 0.277 e. The highest BCUT2D eigenvalue weighted by Crippen LogP contribution is 2.36. The molecule has 1 aliphatic heterocycles. The summed E-state index contributed by atoms with van der Waals surface area (Å²) in [5.74, 6) is 1.64. The fraction of sp³-hybridized carbons (Fsp3) is 0.235. The van der Waals surface area contributed by atoms with E-state index in [2.05, 4.69) is 15.5 Å². The van der Waals surface area contributed by atoms with Gasteiger partial charge in [0.15, 0.2) is 11.5 Å². The zero-order valence-electron chi connectivity index (χ0n) is 13.8. The number of ether oxygens (including phenoxy) is 2. The van der Waals surface area contributed by atoms with Crippen LogP contribution in [0.15, 0.2) is 45.4 Å². The van der Waals surface area contributed by atoms with Crippen LogP contribution < -0.4 is 14.8 Å². The first-order valence-corrected chi connectivity index (χ1v) is 9.65. The molecule has 1 N–H and O–H groups in total. The standard InChI is InChI=1S/C17H15N3O4S2/c1-10(15(21)18-8-12-3-2-6-25-12)26-17-20-19-16(24-17)11-4-5-13-14(7-11)23-9-22-13/h2-7,10H,8-9H2,1H3,(H,18,21)/t10-/m1/s1. The van der Waals surface area contributed by atoms with Gasteiger partial charge in [0.2, 0.25) is 18.6 Å². The number of nitrogens with zero attached hydrogens (tertiary/aromatic N) is 2. The van der Waals surface area contributed by atoms with E-state index in [0.717, 1.165) is 10.4 Å². The number of hydrogen-bond donors (Lipinski definition) is 1. The summed E-state index contributed by atoms with van der Waals surface area (Å²) >= 11 is 2.83. The van der Waals surface area contributed by atoms with Crippen LogP contribution in [0.25, 0.3) is 11.5 Å². The van der Waals surface area contributed by atoms with Crippen LogP contribution in [-0.2, 0) is 11.3 Å². The highest BCUT2D eigenvalue weighted by atomic mass is 32.2. The highest BCUT2D eigenvalue weighted by Gasteiger charge is 2.20. The van der Waals surface area contributed by atoms with Crippen LogP contribution in [0.3, 0.4) is 0 Å². The minimum Gasteiger partial charge on any atom is -0.454 e. The fourth-order valence-electron chi connectivity index (χ4n) is 2.34. The maximum absolute atomic E-state index is 12.2. The van der Waals surface area contributed by atoms with E-state index in [4.69, 9.17) is 13.9 Å². The molecule has 134 valence electrons. The van der Waals surface area contributed by atoms with Crippen molar-refractivity contribution >= 4 is 29.0 Å². The predicted molar refractivity (Wildman–Crippen MR) is 97.3 cm³/mol. The van der Waals surface area contributed by atoms with Crippen LogP contribution in [0.4, 0.5) is 0 Å². The maximum atomic E-state index is 12.2. The van der Waals surface area contributed by atoms with Crippen molar-refractivity contribution in [3.05, 3.63) is 40.6 Å². The Balaban J connectivity index is 1.37. The Bertz CT molecular complexity index is 911. The van der Waals surface area contributed by atoms with Gasteiger partial charge in [-0.2, -0.15) is 0 Å². The second-order valence-electron chi connectivity index (χ2n) is 5.50. The number of thiophene rings is 1. The average Bonchev–Trinajstić information content (AvgIpc) is 3.39. The second-order valence-corrected chi connectivity index (χ2v) is 7.82. The largest absolute Gasteiger partial charge is 0.454 e. The van der Waals surface area contributed by atoms with Crippen LogP contribution in [0.1, 0.15) is 11.8 Å². The van der Waals surface area contributed by atoms with E-state index in [1.54, 1.807) is 30.4 Å². The van der Waals surface area contributed by atoms with Crippen molar-refractivity contribution < 1.29 is 18.7 Å². The molecule has 4 rings (SSSR count). The molecule has 3 aromatic rings. The van der Waals surface area contributed by atoms with Crippen LogP contribution in [0.5, 0.6) is 11.5 Å². The van der Waals surface area contributed by atoms with Gasteiger partial charge in [-0.1, -0.05) is 17.8 Å². The van der Waals surface area contributed by atoms with Crippen LogP contribution >= 0.6 is 23.1 Å². The lowest BCUT2D eigenvalue weighted by Crippen LogP contribution is -2.30. The summed E-state index contributed by atoms with van der Waals surface area (Å²) in [7, 11) is 0. The normalized spacial score (nSPS) is 13.6. The zero-order chi connectivity index (χ0) is 17.9. The molecule has 0 unspecified atom stereocenters. The lowest BCUT2D eigenvalue weighted by molar-refractivity contribution is -0.120. The molecule has 2 aromatic heterocycles. The lowest BCUT2D eigenvalue weighted by Gasteiger charge is -2.08. The molecule has 1 amide bonds. The predicted octanol–water partition coefficient (Wildman–Crippen LogP) is 3.32. The molecule has 0 saturated carbocycles. The van der Waals surface area contributed by atoms with Crippen molar-refractivity contribution in [3.8, 4) is 23.0 Å². The van der Waals surface area contributed by atoms with Gasteiger partial charge in [-0.15, -0.1) is 21.5 Å². The Hall–Kier alpha value is -2.52. The molecule has 3 heterocycles. The second kappa shape index (κ2) is 7.38. The van der Waals surface area contributed by atoms with Crippen LogP contribution in [0.2, 0.25) is 0 Å². The van der Waals surface area contributed by atoms with Gasteiger partial charge < -0.3 is 19.2 Å². The number of carbonyl (C=O) groups excluding carboxylic acids is 1. The van der Waals surface area contributed by atoms with Gasteiger partial charge in [-0.3, -0.25) is 4.79 Å². The van der Waals surface area contributed by atoms with E-state index in [9.17, 15) is 4.79 Å². The topological polar surface area (TPSA) is 86.5 Å². The molecule has 9 heteroatoms. The fourth-order valence-corrected chi connectivity index (χ4v) is 3.69. The van der Waals surface area contributed by atoms with Gasteiger partial charge in [-0.25, -0.2) is 0 Å². The lowest BCUT2D eigenvalue weighted by atomic mass is 10.2. The van der Waals surface area contributed by atoms with Gasteiger partial charge in [0.1, 0.15) is 0 Å². The summed E-state index contributed by atoms with van der Waals surface area (Å²) in [4.78, 5) is 13.3. The van der Waals surface area contributed by atoms with Crippen molar-refractivity contribution in [1.29, 1.82) is 0 Å². The van der Waals surface area contributed by atoms with E-state index >= 15 is 0 Å². The number of rotatable bonds is 6. The molecule has 0 saturated heterocycles. The third-order valence-corrected chi connectivity index (χ3v) is 5.50.